The maximum atomic E-state index is 12.8. The van der Waals surface area contributed by atoms with Gasteiger partial charge in [-0.15, -0.1) is 0 Å². The Kier molecular flexibility index (Phi) is 1.67. The van der Waals surface area contributed by atoms with Crippen molar-refractivity contribution in [3.05, 3.63) is 23.5 Å². The van der Waals surface area contributed by atoms with E-state index < -0.39 is 49.7 Å². The lowest BCUT2D eigenvalue weighted by atomic mass is 9.79. The third kappa shape index (κ3) is 2.96. The van der Waals surface area contributed by atoms with E-state index in [2.05, 4.69) is 4.98 Å². The molecule has 0 unspecified atom stereocenters. The van der Waals surface area contributed by atoms with Gasteiger partial charge in [0.2, 0.25) is 0 Å². The molecule has 0 spiro atoms. The molecule has 88 valence electrons. The largest absolute Gasteiger partial charge is 0.488 e. The lowest BCUT2D eigenvalue weighted by Crippen LogP contribution is -2.32. The quantitative estimate of drug-likeness (QED) is 0.755. The Hall–Kier alpha value is -1.08. The molecular formula is C9H11BF3NO2. The van der Waals surface area contributed by atoms with E-state index in [0.717, 1.165) is 0 Å². The van der Waals surface area contributed by atoms with E-state index in [1.807, 2.05) is 0 Å². The molecular weight excluding hydrogens is 222 g/mol. The maximum Gasteiger partial charge on any atom is 0.488 e. The third-order valence-corrected chi connectivity index (χ3v) is 1.69. The number of rotatable bonds is 2. The Balaban J connectivity index is 3.78. The number of alkyl halides is 3. The summed E-state index contributed by atoms with van der Waals surface area (Å²) in [5.74, 6) is -3.48. The van der Waals surface area contributed by atoms with Crippen molar-refractivity contribution in [3.8, 4) is 0 Å². The number of nitrogens with zero attached hydrogens (tertiary/aromatic N) is 1. The SMILES string of the molecule is [2H]C([2H])([2H])C([2H])(c1cc(B(O)O)cc(C(F)(F)F)n1)C([2H])([2H])[2H]. The van der Waals surface area contributed by atoms with Crippen LogP contribution in [0, 0.1) is 0 Å². The van der Waals surface area contributed by atoms with Gasteiger partial charge in [0, 0.05) is 15.3 Å². The minimum absolute atomic E-state index is 0.230. The second kappa shape index (κ2) is 4.43. The van der Waals surface area contributed by atoms with Gasteiger partial charge in [-0.3, -0.25) is 0 Å². The van der Waals surface area contributed by atoms with Crippen molar-refractivity contribution in [1.82, 2.24) is 4.98 Å². The normalized spacial score (nSPS) is 20.7. The number of halogens is 3. The molecule has 0 bridgehead atoms. The molecule has 0 saturated carbocycles. The van der Waals surface area contributed by atoms with E-state index in [0.29, 0.717) is 6.07 Å². The first-order valence-corrected chi connectivity index (χ1v) is 3.97. The van der Waals surface area contributed by atoms with Gasteiger partial charge in [-0.25, -0.2) is 4.98 Å². The van der Waals surface area contributed by atoms with E-state index in [1.165, 1.54) is 0 Å². The number of pyridine rings is 1. The number of aromatic nitrogens is 1. The summed E-state index contributed by atoms with van der Waals surface area (Å²) in [6.07, 6.45) is -5.11. The van der Waals surface area contributed by atoms with E-state index in [1.54, 1.807) is 0 Å². The van der Waals surface area contributed by atoms with Crippen LogP contribution in [-0.2, 0) is 6.18 Å². The highest BCUT2D eigenvalue weighted by atomic mass is 19.4. The monoisotopic (exact) mass is 240 g/mol. The lowest BCUT2D eigenvalue weighted by Gasteiger charge is -2.12. The van der Waals surface area contributed by atoms with Gasteiger partial charge in [-0.05, 0) is 23.5 Å². The molecule has 0 fully saturated rings. The Morgan fingerprint density at radius 3 is 2.50 bits per heavy atom. The van der Waals surface area contributed by atoms with Crippen LogP contribution in [0.15, 0.2) is 12.1 Å². The fraction of sp³-hybridized carbons (Fsp3) is 0.444. The molecule has 0 aliphatic heterocycles. The summed E-state index contributed by atoms with van der Waals surface area (Å²) in [6, 6.07) is 0.680. The van der Waals surface area contributed by atoms with Crippen LogP contribution in [0.5, 0.6) is 0 Å². The van der Waals surface area contributed by atoms with Gasteiger partial charge in [-0.1, -0.05) is 13.7 Å². The molecule has 0 aromatic carbocycles. The molecule has 2 N–H and O–H groups in total. The zero-order chi connectivity index (χ0) is 18.4. The van der Waals surface area contributed by atoms with Crippen molar-refractivity contribution in [1.29, 1.82) is 0 Å². The fourth-order valence-corrected chi connectivity index (χ4v) is 0.974. The summed E-state index contributed by atoms with van der Waals surface area (Å²) in [6.45, 7) is -7.10. The Bertz CT molecular complexity index is 574. The van der Waals surface area contributed by atoms with E-state index in [-0.39, 0.29) is 6.07 Å². The van der Waals surface area contributed by atoms with Crippen LogP contribution in [0.4, 0.5) is 13.2 Å². The second-order valence-electron chi connectivity index (χ2n) is 2.92. The zero-order valence-corrected chi connectivity index (χ0v) is 7.71. The second-order valence-corrected chi connectivity index (χ2v) is 2.92. The van der Waals surface area contributed by atoms with Gasteiger partial charge in [0.05, 0.1) is 0 Å². The molecule has 0 atom stereocenters. The van der Waals surface area contributed by atoms with Crippen LogP contribution in [0.25, 0.3) is 0 Å². The smallest absolute Gasteiger partial charge is 0.423 e. The average Bonchev–Trinajstić information content (AvgIpc) is 2.33. The summed E-state index contributed by atoms with van der Waals surface area (Å²) >= 11 is 0. The van der Waals surface area contributed by atoms with Crippen LogP contribution in [0.3, 0.4) is 0 Å². The Morgan fingerprint density at radius 2 is 2.06 bits per heavy atom. The van der Waals surface area contributed by atoms with Gasteiger partial charge >= 0.3 is 13.3 Å². The van der Waals surface area contributed by atoms with E-state index in [9.17, 15) is 13.2 Å². The Morgan fingerprint density at radius 1 is 1.44 bits per heavy atom. The summed E-state index contributed by atoms with van der Waals surface area (Å²) in [7, 11) is -2.43. The molecule has 7 heteroatoms. The minimum Gasteiger partial charge on any atom is -0.423 e. The molecule has 16 heavy (non-hydrogen) atoms. The minimum atomic E-state index is -5.11. The van der Waals surface area contributed by atoms with Crippen molar-refractivity contribution < 1.29 is 32.8 Å². The fourth-order valence-electron chi connectivity index (χ4n) is 0.974. The van der Waals surface area contributed by atoms with Gasteiger partial charge in [0.1, 0.15) is 5.69 Å². The summed E-state index contributed by atoms with van der Waals surface area (Å²) in [5, 5.41) is 18.1. The van der Waals surface area contributed by atoms with Gasteiger partial charge < -0.3 is 10.0 Å². The van der Waals surface area contributed by atoms with E-state index in [4.69, 9.17) is 19.6 Å². The van der Waals surface area contributed by atoms with Crippen molar-refractivity contribution in [2.45, 2.75) is 25.8 Å². The molecule has 0 saturated heterocycles. The third-order valence-electron chi connectivity index (χ3n) is 1.69. The molecule has 1 rings (SSSR count). The highest BCUT2D eigenvalue weighted by Gasteiger charge is 2.34. The van der Waals surface area contributed by atoms with E-state index >= 15 is 0 Å². The van der Waals surface area contributed by atoms with Gasteiger partial charge in [0.25, 0.3) is 0 Å². The topological polar surface area (TPSA) is 53.4 Å². The molecule has 0 radical (unpaired) electrons. The van der Waals surface area contributed by atoms with Crippen LogP contribution < -0.4 is 5.46 Å². The van der Waals surface area contributed by atoms with Gasteiger partial charge in [0.15, 0.2) is 0 Å². The number of hydrogen-bond donors (Lipinski definition) is 2. The van der Waals surface area contributed by atoms with Crippen molar-refractivity contribution in [3.63, 3.8) is 0 Å². The molecule has 1 aromatic heterocycles. The number of hydrogen-bond acceptors (Lipinski definition) is 3. The molecule has 0 aliphatic carbocycles. The summed E-state index contributed by atoms with van der Waals surface area (Å²) in [5.41, 5.74) is -3.81. The first kappa shape index (κ1) is 6.02. The summed E-state index contributed by atoms with van der Waals surface area (Å²) in [4.78, 5) is 2.94. The predicted octanol–water partition coefficient (Wildman–Crippen LogP) is 0.904. The summed E-state index contributed by atoms with van der Waals surface area (Å²) < 4.78 is 89.6. The molecule has 3 nitrogen and oxygen atoms in total. The standard InChI is InChI=1S/C9H11BF3NO2/c1-5(2)7-3-6(10(15)16)4-8(14-7)9(11,12)13/h3-5,15-16H,1-2H3/i1D3,2D3,5D. The molecule has 0 aliphatic rings. The highest BCUT2D eigenvalue weighted by Crippen LogP contribution is 2.28. The molecule has 1 heterocycles. The zero-order valence-electron chi connectivity index (χ0n) is 14.7. The van der Waals surface area contributed by atoms with Gasteiger partial charge in [-0.2, -0.15) is 13.2 Å². The van der Waals surface area contributed by atoms with Crippen LogP contribution in [-0.4, -0.2) is 22.2 Å². The lowest BCUT2D eigenvalue weighted by molar-refractivity contribution is -0.141. The van der Waals surface area contributed by atoms with Crippen molar-refractivity contribution in [2.24, 2.45) is 0 Å². The maximum absolute atomic E-state index is 12.8. The highest BCUT2D eigenvalue weighted by molar-refractivity contribution is 6.58. The predicted molar refractivity (Wildman–Crippen MR) is 53.2 cm³/mol. The molecule has 0 amide bonds. The van der Waals surface area contributed by atoms with Crippen LogP contribution in [0.1, 0.15) is 40.6 Å². The first-order valence-electron chi connectivity index (χ1n) is 7.47. The van der Waals surface area contributed by atoms with Crippen molar-refractivity contribution >= 4 is 12.6 Å². The average molecular weight is 240 g/mol. The van der Waals surface area contributed by atoms with Crippen LogP contribution in [0.2, 0.25) is 0 Å². The molecule has 1 aromatic rings. The van der Waals surface area contributed by atoms with Crippen molar-refractivity contribution in [2.75, 3.05) is 0 Å². The van der Waals surface area contributed by atoms with Crippen LogP contribution >= 0.6 is 0 Å². The Labute approximate surface area is 101 Å². The first-order chi connectivity index (χ1) is 10.0.